The van der Waals surface area contributed by atoms with E-state index < -0.39 is 18.9 Å². The molecule has 3 rings (SSSR count). The SMILES string of the molecule is CCC(=Nc1cnn(C(C)C)c1)c1c(O)[nH]c2ccc(C(=O)NCC(F)F)cc12. The number of nitrogens with one attached hydrogen (secondary N) is 2. The normalized spacial score (nSPS) is 12.3. The summed E-state index contributed by atoms with van der Waals surface area (Å²) < 4.78 is 26.5. The first-order valence-corrected chi connectivity index (χ1v) is 9.33. The van der Waals surface area contributed by atoms with Gasteiger partial charge in [0.25, 0.3) is 12.3 Å². The minimum absolute atomic E-state index is 0.0676. The second-order valence-electron chi connectivity index (χ2n) is 6.89. The van der Waals surface area contributed by atoms with Gasteiger partial charge in [0.15, 0.2) is 5.88 Å². The number of rotatable bonds is 7. The molecule has 1 aromatic carbocycles. The van der Waals surface area contributed by atoms with Gasteiger partial charge >= 0.3 is 0 Å². The predicted molar refractivity (Wildman–Crippen MR) is 107 cm³/mol. The maximum atomic E-state index is 12.4. The summed E-state index contributed by atoms with van der Waals surface area (Å²) in [6, 6.07) is 4.89. The van der Waals surface area contributed by atoms with E-state index in [1.807, 2.05) is 27.0 Å². The first kappa shape index (κ1) is 20.5. The van der Waals surface area contributed by atoms with E-state index in [0.29, 0.717) is 34.3 Å². The molecule has 1 amide bonds. The van der Waals surface area contributed by atoms with Crippen molar-refractivity contribution in [3.63, 3.8) is 0 Å². The monoisotopic (exact) mass is 403 g/mol. The lowest BCUT2D eigenvalue weighted by Gasteiger charge is -2.06. The number of aliphatic imine (C=N–C) groups is 1. The number of benzene rings is 1. The van der Waals surface area contributed by atoms with Crippen molar-refractivity contribution in [1.29, 1.82) is 0 Å². The highest BCUT2D eigenvalue weighted by atomic mass is 19.3. The number of carbonyl (C=O) groups excluding carboxylic acids is 1. The fourth-order valence-electron chi connectivity index (χ4n) is 3.02. The van der Waals surface area contributed by atoms with Crippen molar-refractivity contribution in [2.45, 2.75) is 39.7 Å². The quantitative estimate of drug-likeness (QED) is 0.517. The van der Waals surface area contributed by atoms with Crippen LogP contribution in [0.5, 0.6) is 5.88 Å². The number of hydrogen-bond acceptors (Lipinski definition) is 4. The number of halogens is 2. The third-order valence-electron chi connectivity index (χ3n) is 4.46. The summed E-state index contributed by atoms with van der Waals surface area (Å²) in [5.41, 5.74) is 2.57. The highest BCUT2D eigenvalue weighted by molar-refractivity contribution is 6.14. The fourth-order valence-corrected chi connectivity index (χ4v) is 3.02. The number of carbonyl (C=O) groups is 1. The van der Waals surface area contributed by atoms with Crippen molar-refractivity contribution in [2.24, 2.45) is 4.99 Å². The summed E-state index contributed by atoms with van der Waals surface area (Å²) >= 11 is 0. The van der Waals surface area contributed by atoms with E-state index in [2.05, 4.69) is 20.4 Å². The zero-order valence-corrected chi connectivity index (χ0v) is 16.4. The number of amides is 1. The molecule has 3 N–H and O–H groups in total. The maximum absolute atomic E-state index is 12.4. The Kier molecular flexibility index (Phi) is 5.95. The van der Waals surface area contributed by atoms with Crippen LogP contribution in [-0.4, -0.2) is 44.5 Å². The summed E-state index contributed by atoms with van der Waals surface area (Å²) in [7, 11) is 0. The van der Waals surface area contributed by atoms with E-state index in [4.69, 9.17) is 0 Å². The number of H-pyrrole nitrogens is 1. The van der Waals surface area contributed by atoms with Gasteiger partial charge in [-0.1, -0.05) is 6.92 Å². The molecule has 0 saturated carbocycles. The van der Waals surface area contributed by atoms with Crippen molar-refractivity contribution >= 4 is 28.2 Å². The molecule has 2 heterocycles. The number of nitrogens with zero attached hydrogens (tertiary/aromatic N) is 3. The summed E-state index contributed by atoms with van der Waals surface area (Å²) in [6.45, 7) is 5.20. The van der Waals surface area contributed by atoms with Gasteiger partial charge in [-0.25, -0.2) is 13.8 Å². The zero-order chi connectivity index (χ0) is 21.1. The number of hydrogen-bond donors (Lipinski definition) is 3. The number of aromatic nitrogens is 3. The second kappa shape index (κ2) is 8.42. The van der Waals surface area contributed by atoms with Crippen LogP contribution in [0, 0.1) is 0 Å². The third kappa shape index (κ3) is 4.44. The molecule has 0 radical (unpaired) electrons. The van der Waals surface area contributed by atoms with Gasteiger partial charge in [0.05, 0.1) is 30.2 Å². The van der Waals surface area contributed by atoms with Gasteiger partial charge in [0, 0.05) is 22.5 Å². The van der Waals surface area contributed by atoms with Crippen LogP contribution in [0.3, 0.4) is 0 Å². The lowest BCUT2D eigenvalue weighted by Crippen LogP contribution is -2.28. The maximum Gasteiger partial charge on any atom is 0.255 e. The van der Waals surface area contributed by atoms with Crippen LogP contribution in [0.25, 0.3) is 10.9 Å². The lowest BCUT2D eigenvalue weighted by molar-refractivity contribution is 0.0892. The molecule has 2 aromatic heterocycles. The molecular formula is C20H23F2N5O2. The van der Waals surface area contributed by atoms with Crippen LogP contribution in [0.1, 0.15) is 49.2 Å². The highest BCUT2D eigenvalue weighted by Gasteiger charge is 2.18. The van der Waals surface area contributed by atoms with Crippen LogP contribution in [0.2, 0.25) is 0 Å². The minimum atomic E-state index is -2.62. The zero-order valence-electron chi connectivity index (χ0n) is 16.4. The van der Waals surface area contributed by atoms with Gasteiger partial charge < -0.3 is 15.4 Å². The average molecular weight is 403 g/mol. The van der Waals surface area contributed by atoms with Crippen LogP contribution in [0.15, 0.2) is 35.6 Å². The number of fused-ring (bicyclic) bond motifs is 1. The lowest BCUT2D eigenvalue weighted by atomic mass is 10.0. The number of aromatic amines is 1. The number of aromatic hydroxyl groups is 1. The molecule has 0 spiro atoms. The summed E-state index contributed by atoms with van der Waals surface area (Å²) in [5, 5.41) is 17.5. The summed E-state index contributed by atoms with van der Waals surface area (Å²) in [4.78, 5) is 19.6. The molecule has 154 valence electrons. The van der Waals surface area contributed by atoms with Crippen LogP contribution in [0.4, 0.5) is 14.5 Å². The van der Waals surface area contributed by atoms with Gasteiger partial charge in [0.1, 0.15) is 5.69 Å². The molecule has 0 aliphatic rings. The Hall–Kier alpha value is -3.23. The predicted octanol–water partition coefficient (Wildman–Crippen LogP) is 4.18. The number of alkyl halides is 2. The van der Waals surface area contributed by atoms with Gasteiger partial charge in [-0.05, 0) is 38.5 Å². The Morgan fingerprint density at radius 1 is 1.38 bits per heavy atom. The molecule has 0 aliphatic heterocycles. The van der Waals surface area contributed by atoms with Crippen molar-refractivity contribution in [2.75, 3.05) is 6.54 Å². The molecule has 3 aromatic rings. The summed E-state index contributed by atoms with van der Waals surface area (Å²) in [5.74, 6) is -0.672. The molecule has 7 nitrogen and oxygen atoms in total. The van der Waals surface area contributed by atoms with Crippen molar-refractivity contribution < 1.29 is 18.7 Å². The minimum Gasteiger partial charge on any atom is -0.494 e. The Balaban J connectivity index is 2.02. The van der Waals surface area contributed by atoms with E-state index in [9.17, 15) is 18.7 Å². The Bertz CT molecular complexity index is 1050. The molecular weight excluding hydrogens is 380 g/mol. The molecule has 0 unspecified atom stereocenters. The Morgan fingerprint density at radius 2 is 2.14 bits per heavy atom. The fraction of sp³-hybridized carbons (Fsp3) is 0.350. The van der Waals surface area contributed by atoms with Crippen LogP contribution >= 0.6 is 0 Å². The first-order valence-electron chi connectivity index (χ1n) is 9.33. The van der Waals surface area contributed by atoms with E-state index >= 15 is 0 Å². The molecule has 0 bridgehead atoms. The van der Waals surface area contributed by atoms with Crippen LogP contribution in [-0.2, 0) is 0 Å². The molecule has 0 saturated heterocycles. The molecule has 0 atom stereocenters. The average Bonchev–Trinajstić information content (AvgIpc) is 3.27. The highest BCUT2D eigenvalue weighted by Crippen LogP contribution is 2.31. The summed E-state index contributed by atoms with van der Waals surface area (Å²) in [6.07, 6.45) is 1.36. The van der Waals surface area contributed by atoms with E-state index in [1.165, 1.54) is 6.07 Å². The van der Waals surface area contributed by atoms with Gasteiger partial charge in [0.2, 0.25) is 0 Å². The van der Waals surface area contributed by atoms with E-state index in [1.54, 1.807) is 23.0 Å². The smallest absolute Gasteiger partial charge is 0.255 e. The largest absolute Gasteiger partial charge is 0.494 e. The first-order chi connectivity index (χ1) is 13.8. The van der Waals surface area contributed by atoms with Crippen molar-refractivity contribution in [3.05, 3.63) is 41.7 Å². The standard InChI is InChI=1S/C20H23F2N5O2/c1-4-15(25-13-8-24-27(10-13)11(2)3)18-14-7-12(19(28)23-9-17(21)22)5-6-16(14)26-20(18)29/h5-8,10-11,17,26,29H,4,9H2,1-3H3,(H,23,28). The Labute approximate surface area is 166 Å². The van der Waals surface area contributed by atoms with Crippen molar-refractivity contribution in [1.82, 2.24) is 20.1 Å². The van der Waals surface area contributed by atoms with E-state index in [-0.39, 0.29) is 17.5 Å². The van der Waals surface area contributed by atoms with Gasteiger partial charge in [-0.2, -0.15) is 5.10 Å². The van der Waals surface area contributed by atoms with Crippen LogP contribution < -0.4 is 5.32 Å². The molecule has 0 aliphatic carbocycles. The van der Waals surface area contributed by atoms with Crippen molar-refractivity contribution in [3.8, 4) is 5.88 Å². The molecule has 9 heteroatoms. The topological polar surface area (TPSA) is 95.3 Å². The molecule has 0 fully saturated rings. The van der Waals surface area contributed by atoms with Gasteiger partial charge in [-0.15, -0.1) is 0 Å². The van der Waals surface area contributed by atoms with E-state index in [0.717, 1.165) is 0 Å². The van der Waals surface area contributed by atoms with Gasteiger partial charge in [-0.3, -0.25) is 9.48 Å². The Morgan fingerprint density at radius 3 is 2.76 bits per heavy atom. The third-order valence-corrected chi connectivity index (χ3v) is 4.46. The molecule has 29 heavy (non-hydrogen) atoms. The second-order valence-corrected chi connectivity index (χ2v) is 6.89.